The van der Waals surface area contributed by atoms with Crippen molar-refractivity contribution in [1.82, 2.24) is 14.8 Å². The van der Waals surface area contributed by atoms with E-state index in [1.165, 1.54) is 0 Å². The van der Waals surface area contributed by atoms with Crippen LogP contribution in [0.1, 0.15) is 28.9 Å². The lowest BCUT2D eigenvalue weighted by Crippen LogP contribution is -2.44. The third-order valence-corrected chi connectivity index (χ3v) is 3.79. The topological polar surface area (TPSA) is 56.7 Å². The summed E-state index contributed by atoms with van der Waals surface area (Å²) < 4.78 is 0. The summed E-state index contributed by atoms with van der Waals surface area (Å²) in [7, 11) is 4.15. The molecule has 1 aromatic heterocycles. The van der Waals surface area contributed by atoms with E-state index in [4.69, 9.17) is 5.11 Å². The average molecular weight is 287 g/mol. The fourth-order valence-electron chi connectivity index (χ4n) is 2.55. The lowest BCUT2D eigenvalue weighted by atomic mass is 10.0. The molecule has 1 aliphatic rings. The summed E-state index contributed by atoms with van der Waals surface area (Å²) in [6, 6.07) is 4.04. The number of aliphatic hydroxyl groups is 1. The predicted molar refractivity (Wildman–Crippen MR) is 80.8 cm³/mol. The molecule has 0 radical (unpaired) electrons. The molecule has 0 aliphatic carbocycles. The second kappa shape index (κ2) is 7.21. The number of aromatic nitrogens is 1. The van der Waals surface area contributed by atoms with Crippen molar-refractivity contribution in [2.75, 3.05) is 33.8 Å². The van der Waals surface area contributed by atoms with Crippen molar-refractivity contribution in [2.45, 2.75) is 18.9 Å². The zero-order valence-electron chi connectivity index (χ0n) is 12.5. The summed E-state index contributed by atoms with van der Waals surface area (Å²) in [4.78, 5) is 20.8. The smallest absolute Gasteiger partial charge is 0.273 e. The molecule has 1 amide bonds. The number of rotatable bonds is 2. The molecule has 2 rings (SSSR count). The van der Waals surface area contributed by atoms with Gasteiger partial charge in [-0.1, -0.05) is 11.8 Å². The highest BCUT2D eigenvalue weighted by atomic mass is 16.2. The predicted octanol–water partition coefficient (Wildman–Crippen LogP) is 0.592. The Balaban J connectivity index is 2.11. The van der Waals surface area contributed by atoms with Gasteiger partial charge in [0.05, 0.1) is 5.56 Å². The van der Waals surface area contributed by atoms with Gasteiger partial charge in [-0.25, -0.2) is 4.98 Å². The molecule has 1 fully saturated rings. The highest BCUT2D eigenvalue weighted by Crippen LogP contribution is 2.17. The van der Waals surface area contributed by atoms with E-state index in [1.54, 1.807) is 18.3 Å². The molecule has 112 valence electrons. The number of amides is 1. The van der Waals surface area contributed by atoms with Crippen molar-refractivity contribution in [3.63, 3.8) is 0 Å². The minimum Gasteiger partial charge on any atom is -0.384 e. The standard InChI is InChI=1S/C16H21N3O2/c1-18(2)14-7-10-19(11-8-14)16(21)15-13(6-4-12-20)5-3-9-17-15/h3,5,9,14,20H,7-8,10-12H2,1-2H3. The summed E-state index contributed by atoms with van der Waals surface area (Å²) in [5, 5.41) is 8.79. The summed E-state index contributed by atoms with van der Waals surface area (Å²) in [6.07, 6.45) is 3.55. The van der Waals surface area contributed by atoms with Crippen LogP contribution < -0.4 is 0 Å². The fraction of sp³-hybridized carbons (Fsp3) is 0.500. The highest BCUT2D eigenvalue weighted by Gasteiger charge is 2.26. The molecule has 5 heteroatoms. The Morgan fingerprint density at radius 2 is 2.19 bits per heavy atom. The van der Waals surface area contributed by atoms with Gasteiger partial charge in [0.1, 0.15) is 12.3 Å². The van der Waals surface area contributed by atoms with E-state index in [1.807, 2.05) is 4.90 Å². The minimum absolute atomic E-state index is 0.0740. The summed E-state index contributed by atoms with van der Waals surface area (Å²) in [5.41, 5.74) is 0.952. The van der Waals surface area contributed by atoms with Crippen molar-refractivity contribution >= 4 is 5.91 Å². The normalized spacial score (nSPS) is 15.7. The van der Waals surface area contributed by atoms with Crippen LogP contribution in [0.3, 0.4) is 0 Å². The first-order valence-corrected chi connectivity index (χ1v) is 7.14. The van der Waals surface area contributed by atoms with Gasteiger partial charge >= 0.3 is 0 Å². The zero-order chi connectivity index (χ0) is 15.2. The van der Waals surface area contributed by atoms with Crippen LogP contribution in [0.2, 0.25) is 0 Å². The molecular weight excluding hydrogens is 266 g/mol. The highest BCUT2D eigenvalue weighted by molar-refractivity contribution is 5.94. The number of pyridine rings is 1. The Hall–Kier alpha value is -1.90. The van der Waals surface area contributed by atoms with Crippen molar-refractivity contribution in [3.8, 4) is 11.8 Å². The van der Waals surface area contributed by atoms with Gasteiger partial charge in [-0.15, -0.1) is 0 Å². The minimum atomic E-state index is -0.225. The molecule has 5 nitrogen and oxygen atoms in total. The second-order valence-corrected chi connectivity index (χ2v) is 5.35. The number of carbonyl (C=O) groups excluding carboxylic acids is 1. The summed E-state index contributed by atoms with van der Waals surface area (Å²) in [5.74, 6) is 5.29. The van der Waals surface area contributed by atoms with Crippen LogP contribution in [0, 0.1) is 11.8 Å². The number of aliphatic hydroxyl groups excluding tert-OH is 1. The van der Waals surface area contributed by atoms with Gasteiger partial charge in [-0.2, -0.15) is 0 Å². The van der Waals surface area contributed by atoms with Crippen LogP contribution in [0.4, 0.5) is 0 Å². The number of likely N-dealkylation sites (tertiary alicyclic amines) is 1. The van der Waals surface area contributed by atoms with E-state index >= 15 is 0 Å². The van der Waals surface area contributed by atoms with E-state index in [-0.39, 0.29) is 12.5 Å². The molecule has 0 bridgehead atoms. The lowest BCUT2D eigenvalue weighted by Gasteiger charge is -2.35. The first kappa shape index (κ1) is 15.5. The molecule has 0 aromatic carbocycles. The van der Waals surface area contributed by atoms with E-state index in [2.05, 4.69) is 35.8 Å². The molecule has 0 saturated carbocycles. The number of hydrogen-bond acceptors (Lipinski definition) is 4. The first-order valence-electron chi connectivity index (χ1n) is 7.14. The van der Waals surface area contributed by atoms with Crippen LogP contribution in [-0.4, -0.2) is 65.6 Å². The van der Waals surface area contributed by atoms with Crippen LogP contribution >= 0.6 is 0 Å². The second-order valence-electron chi connectivity index (χ2n) is 5.35. The van der Waals surface area contributed by atoms with E-state index < -0.39 is 0 Å². The Kier molecular flexibility index (Phi) is 5.32. The monoisotopic (exact) mass is 287 g/mol. The molecular formula is C16H21N3O2. The maximum atomic E-state index is 12.6. The number of hydrogen-bond donors (Lipinski definition) is 1. The SMILES string of the molecule is CN(C)C1CCN(C(=O)c2ncccc2C#CCO)CC1. The molecule has 0 atom stereocenters. The Morgan fingerprint density at radius 1 is 1.48 bits per heavy atom. The lowest BCUT2D eigenvalue weighted by molar-refractivity contribution is 0.0657. The van der Waals surface area contributed by atoms with Gasteiger partial charge < -0.3 is 14.9 Å². The molecule has 2 heterocycles. The van der Waals surface area contributed by atoms with Crippen LogP contribution in [-0.2, 0) is 0 Å². The molecule has 1 aromatic rings. The van der Waals surface area contributed by atoms with E-state index in [0.717, 1.165) is 25.9 Å². The van der Waals surface area contributed by atoms with Crippen molar-refractivity contribution < 1.29 is 9.90 Å². The van der Waals surface area contributed by atoms with Gasteiger partial charge in [0.25, 0.3) is 5.91 Å². The Labute approximate surface area is 125 Å². The van der Waals surface area contributed by atoms with Crippen LogP contribution in [0.15, 0.2) is 18.3 Å². The fourth-order valence-corrected chi connectivity index (χ4v) is 2.55. The Bertz CT molecular complexity index is 552. The summed E-state index contributed by atoms with van der Waals surface area (Å²) in [6.45, 7) is 1.26. The molecule has 1 saturated heterocycles. The zero-order valence-corrected chi connectivity index (χ0v) is 12.5. The molecule has 0 spiro atoms. The maximum absolute atomic E-state index is 12.6. The molecule has 1 N–H and O–H groups in total. The van der Waals surface area contributed by atoms with Crippen LogP contribution in [0.5, 0.6) is 0 Å². The average Bonchev–Trinajstić information content (AvgIpc) is 2.52. The van der Waals surface area contributed by atoms with Crippen molar-refractivity contribution in [1.29, 1.82) is 0 Å². The van der Waals surface area contributed by atoms with Gasteiger partial charge in [0, 0.05) is 25.3 Å². The van der Waals surface area contributed by atoms with Gasteiger partial charge in [-0.3, -0.25) is 4.79 Å². The van der Waals surface area contributed by atoms with Gasteiger partial charge in [0.2, 0.25) is 0 Å². The van der Waals surface area contributed by atoms with Gasteiger partial charge in [-0.05, 0) is 39.1 Å². The maximum Gasteiger partial charge on any atom is 0.273 e. The Morgan fingerprint density at radius 3 is 2.81 bits per heavy atom. The largest absolute Gasteiger partial charge is 0.384 e. The molecule has 1 aliphatic heterocycles. The molecule has 0 unspecified atom stereocenters. The number of carbonyl (C=O) groups is 1. The first-order chi connectivity index (χ1) is 10.1. The quantitative estimate of drug-likeness (QED) is 0.809. The van der Waals surface area contributed by atoms with E-state index in [0.29, 0.717) is 17.3 Å². The van der Waals surface area contributed by atoms with Crippen molar-refractivity contribution in [2.24, 2.45) is 0 Å². The third-order valence-electron chi connectivity index (χ3n) is 3.79. The summed E-state index contributed by atoms with van der Waals surface area (Å²) >= 11 is 0. The van der Waals surface area contributed by atoms with Gasteiger partial charge in [0.15, 0.2) is 0 Å². The van der Waals surface area contributed by atoms with Crippen LogP contribution in [0.25, 0.3) is 0 Å². The number of piperidine rings is 1. The van der Waals surface area contributed by atoms with E-state index in [9.17, 15) is 4.79 Å². The third kappa shape index (κ3) is 3.81. The molecule has 21 heavy (non-hydrogen) atoms. The van der Waals surface area contributed by atoms with Crippen molar-refractivity contribution in [3.05, 3.63) is 29.6 Å². The number of nitrogens with zero attached hydrogens (tertiary/aromatic N) is 3.